The molecule has 2 saturated heterocycles. The van der Waals surface area contributed by atoms with E-state index < -0.39 is 70.0 Å². The maximum absolute atomic E-state index is 14.0. The highest BCUT2D eigenvalue weighted by Crippen LogP contribution is 2.79. The number of carbonyl (C=O) groups excluding carboxylic acids is 4. The van der Waals surface area contributed by atoms with E-state index in [0.717, 1.165) is 0 Å². The molecule has 2 saturated carbocycles. The first kappa shape index (κ1) is 24.6. The Morgan fingerprint density at radius 3 is 2.42 bits per heavy atom. The Bertz CT molecular complexity index is 1170. The Balaban J connectivity index is 1.73. The molecule has 9 nitrogen and oxygen atoms in total. The number of carbonyl (C=O) groups is 4. The van der Waals surface area contributed by atoms with Gasteiger partial charge < -0.3 is 23.4 Å². The van der Waals surface area contributed by atoms with Gasteiger partial charge in [-0.2, -0.15) is 0 Å². The molecule has 0 N–H and O–H groups in total. The lowest BCUT2D eigenvalue weighted by Gasteiger charge is -2.60. The molecule has 0 aromatic carbocycles. The molecule has 36 heavy (non-hydrogen) atoms. The third kappa shape index (κ3) is 2.66. The standard InChI is InChI=1S/C27H32O9/c1-7-14(2)21(29)35-19-15(3)26(12-18(34-23(26)31)17-8-11-32-13-17)27-10-9-24(5,22(30)36-27)25(27,6)20(19)33-16(4)28/h7-8,11,13,15,18-20H,9-10,12H2,1-6H3. The van der Waals surface area contributed by atoms with E-state index in [4.69, 9.17) is 23.4 Å². The van der Waals surface area contributed by atoms with E-state index in [-0.39, 0.29) is 6.42 Å². The van der Waals surface area contributed by atoms with Gasteiger partial charge in [-0.15, -0.1) is 0 Å². The van der Waals surface area contributed by atoms with E-state index in [1.807, 2.05) is 6.92 Å². The van der Waals surface area contributed by atoms with Crippen LogP contribution in [-0.2, 0) is 38.1 Å². The molecule has 4 fully saturated rings. The summed E-state index contributed by atoms with van der Waals surface area (Å²) in [5, 5.41) is 0. The molecule has 2 aliphatic carbocycles. The molecule has 1 spiro atoms. The van der Waals surface area contributed by atoms with E-state index in [9.17, 15) is 19.2 Å². The average Bonchev–Trinajstić information content (AvgIpc) is 3.56. The molecule has 4 aliphatic rings. The van der Waals surface area contributed by atoms with Crippen molar-refractivity contribution in [3.63, 3.8) is 0 Å². The van der Waals surface area contributed by atoms with Gasteiger partial charge in [-0.3, -0.25) is 14.4 Å². The first-order valence-corrected chi connectivity index (χ1v) is 12.4. The van der Waals surface area contributed by atoms with Crippen molar-refractivity contribution >= 4 is 23.9 Å². The van der Waals surface area contributed by atoms with Crippen molar-refractivity contribution < 1.29 is 42.5 Å². The summed E-state index contributed by atoms with van der Waals surface area (Å²) < 4.78 is 29.3. The van der Waals surface area contributed by atoms with Crippen LogP contribution in [0.15, 0.2) is 34.7 Å². The molecule has 1 aromatic rings. The lowest BCUT2D eigenvalue weighted by atomic mass is 9.44. The van der Waals surface area contributed by atoms with E-state index in [1.165, 1.54) is 19.5 Å². The van der Waals surface area contributed by atoms with Crippen molar-refractivity contribution in [1.29, 1.82) is 0 Å². The van der Waals surface area contributed by atoms with Gasteiger partial charge in [-0.05, 0) is 39.7 Å². The summed E-state index contributed by atoms with van der Waals surface area (Å²) >= 11 is 0. The van der Waals surface area contributed by atoms with Gasteiger partial charge in [0.2, 0.25) is 0 Å². The van der Waals surface area contributed by atoms with Crippen LogP contribution in [0, 0.1) is 22.2 Å². The fourth-order valence-electron chi connectivity index (χ4n) is 7.55. The number of allylic oxidation sites excluding steroid dienone is 1. The minimum absolute atomic E-state index is 0.203. The van der Waals surface area contributed by atoms with Crippen LogP contribution >= 0.6 is 0 Å². The number of furan rings is 1. The van der Waals surface area contributed by atoms with E-state index in [2.05, 4.69) is 0 Å². The number of hydrogen-bond donors (Lipinski definition) is 0. The second kappa shape index (κ2) is 7.70. The van der Waals surface area contributed by atoms with Crippen LogP contribution in [-0.4, -0.2) is 41.7 Å². The second-order valence-corrected chi connectivity index (χ2v) is 11.0. The van der Waals surface area contributed by atoms with Crippen molar-refractivity contribution in [1.82, 2.24) is 0 Å². The summed E-state index contributed by atoms with van der Waals surface area (Å²) in [7, 11) is 0. The van der Waals surface area contributed by atoms with Crippen molar-refractivity contribution in [2.75, 3.05) is 0 Å². The molecule has 0 radical (unpaired) electrons. The monoisotopic (exact) mass is 500 g/mol. The van der Waals surface area contributed by atoms with Crippen LogP contribution in [0.3, 0.4) is 0 Å². The van der Waals surface area contributed by atoms with E-state index in [1.54, 1.807) is 39.8 Å². The molecule has 3 heterocycles. The molecule has 2 aliphatic heterocycles. The quantitative estimate of drug-likeness (QED) is 0.345. The molecule has 194 valence electrons. The van der Waals surface area contributed by atoms with Crippen LogP contribution in [0.1, 0.15) is 72.5 Å². The van der Waals surface area contributed by atoms with Gasteiger partial charge in [-0.25, -0.2) is 4.79 Å². The first-order valence-electron chi connectivity index (χ1n) is 12.4. The molecule has 1 aromatic heterocycles. The summed E-state index contributed by atoms with van der Waals surface area (Å²) in [6.45, 7) is 10.0. The van der Waals surface area contributed by atoms with Crippen LogP contribution < -0.4 is 0 Å². The smallest absolute Gasteiger partial charge is 0.333 e. The minimum Gasteiger partial charge on any atom is -0.472 e. The number of ether oxygens (including phenoxy) is 4. The van der Waals surface area contributed by atoms with Gasteiger partial charge >= 0.3 is 23.9 Å². The SMILES string of the molecule is CC=C(C)C(=O)OC1C(C)C2(CC(c3ccoc3)OC2=O)C23CCC(C)(C(=O)O2)C3(C)C1OC(C)=O. The highest BCUT2D eigenvalue weighted by atomic mass is 16.6. The van der Waals surface area contributed by atoms with Crippen molar-refractivity contribution in [2.45, 2.75) is 84.7 Å². The number of hydrogen-bond acceptors (Lipinski definition) is 9. The zero-order valence-electron chi connectivity index (χ0n) is 21.4. The predicted octanol–water partition coefficient (Wildman–Crippen LogP) is 3.82. The largest absolute Gasteiger partial charge is 0.472 e. The van der Waals surface area contributed by atoms with Crippen LogP contribution in [0.2, 0.25) is 0 Å². The third-order valence-electron chi connectivity index (χ3n) is 9.86. The van der Waals surface area contributed by atoms with Crippen molar-refractivity contribution in [3.8, 4) is 0 Å². The van der Waals surface area contributed by atoms with E-state index in [0.29, 0.717) is 24.0 Å². The number of rotatable bonds is 4. The fourth-order valence-corrected chi connectivity index (χ4v) is 7.55. The van der Waals surface area contributed by atoms with Gasteiger partial charge in [-0.1, -0.05) is 19.9 Å². The Labute approximate surface area is 209 Å². The lowest BCUT2D eigenvalue weighted by Crippen LogP contribution is -2.73. The van der Waals surface area contributed by atoms with Gasteiger partial charge in [0.1, 0.15) is 29.3 Å². The van der Waals surface area contributed by atoms with Crippen LogP contribution in [0.25, 0.3) is 0 Å². The van der Waals surface area contributed by atoms with Gasteiger partial charge in [0.15, 0.2) is 0 Å². The third-order valence-corrected chi connectivity index (χ3v) is 9.86. The first-order chi connectivity index (χ1) is 16.9. The molecule has 9 heteroatoms. The summed E-state index contributed by atoms with van der Waals surface area (Å²) in [5.41, 5.74) is -3.79. The normalized spacial score (nSPS) is 43.2. The molecular formula is C27H32O9. The fraction of sp³-hybridized carbons (Fsp3) is 0.630. The molecule has 8 unspecified atom stereocenters. The molecule has 0 amide bonds. The highest BCUT2D eigenvalue weighted by Gasteiger charge is 2.90. The molecular weight excluding hydrogens is 468 g/mol. The maximum atomic E-state index is 14.0. The summed E-state index contributed by atoms with van der Waals surface area (Å²) in [6, 6.07) is 1.73. The Morgan fingerprint density at radius 1 is 1.11 bits per heavy atom. The zero-order valence-corrected chi connectivity index (χ0v) is 21.4. The van der Waals surface area contributed by atoms with Crippen LogP contribution in [0.5, 0.6) is 0 Å². The lowest BCUT2D eigenvalue weighted by molar-refractivity contribution is -0.266. The Hall–Kier alpha value is -3.10. The summed E-state index contributed by atoms with van der Waals surface area (Å²) in [4.78, 5) is 52.8. The number of cyclic esters (lactones) is 1. The van der Waals surface area contributed by atoms with Crippen LogP contribution in [0.4, 0.5) is 0 Å². The van der Waals surface area contributed by atoms with E-state index >= 15 is 0 Å². The zero-order chi connectivity index (χ0) is 26.3. The topological polar surface area (TPSA) is 118 Å². The minimum atomic E-state index is -1.33. The van der Waals surface area contributed by atoms with Crippen molar-refractivity contribution in [3.05, 3.63) is 35.8 Å². The average molecular weight is 501 g/mol. The Morgan fingerprint density at radius 2 is 1.83 bits per heavy atom. The van der Waals surface area contributed by atoms with Crippen molar-refractivity contribution in [2.24, 2.45) is 22.2 Å². The maximum Gasteiger partial charge on any atom is 0.333 e. The predicted molar refractivity (Wildman–Crippen MR) is 123 cm³/mol. The molecule has 8 atom stereocenters. The Kier molecular flexibility index (Phi) is 5.26. The summed E-state index contributed by atoms with van der Waals surface area (Å²) in [6.07, 6.45) is 3.04. The summed E-state index contributed by atoms with van der Waals surface area (Å²) in [5.74, 6) is -2.81. The van der Waals surface area contributed by atoms with Gasteiger partial charge in [0.25, 0.3) is 0 Å². The van der Waals surface area contributed by atoms with Gasteiger partial charge in [0.05, 0.1) is 23.4 Å². The van der Waals surface area contributed by atoms with Gasteiger partial charge in [0, 0.05) is 30.4 Å². The second-order valence-electron chi connectivity index (χ2n) is 11.0. The molecule has 5 rings (SSSR count). The highest BCUT2D eigenvalue weighted by molar-refractivity contribution is 5.90. The molecule has 2 bridgehead atoms. The number of esters is 4.